The molecule has 0 saturated carbocycles. The van der Waals surface area contributed by atoms with Crippen LogP contribution in [-0.2, 0) is 0 Å². The molecule has 1 aromatic heterocycles. The highest BCUT2D eigenvalue weighted by atomic mass is 35.5. The van der Waals surface area contributed by atoms with Crippen LogP contribution in [-0.4, -0.2) is 24.7 Å². The fraction of sp³-hybridized carbons (Fsp3) is 0. The van der Waals surface area contributed by atoms with Crippen LogP contribution in [0, 0.1) is 0 Å². The van der Waals surface area contributed by atoms with Gasteiger partial charge in [-0.3, -0.25) is 0 Å². The van der Waals surface area contributed by atoms with Gasteiger partial charge in [-0.15, -0.1) is 0 Å². The molecule has 0 fully saturated rings. The Morgan fingerprint density at radius 2 is 0.657 bits per heavy atom. The van der Waals surface area contributed by atoms with Gasteiger partial charge in [0.05, 0.1) is 16.9 Å². The standard InChI is InChI=1S/C90H56B3ClN6O2/c94-57-47-79-88-85(48-57)102-84-56-78-73(91-69-43-23-25-46-83(69)101-86-52-66(51-82(89(86)91)99(78)64-39-20-7-21-40-64)96(60-31-12-3-13-32-60)61-33-14-4-15-34-61)54-74(84)93(88)72-53-71-76(55-77(72)97(79)62-35-16-5-17-36-62)98(63-37-18-6-19-38-63)80-49-65(95(58-27-8-1-9-28-58)59-29-10-2-11-30-59)50-81-87(80)92(71)70-44-26-42-68-67-41-22-24-45-75(67)100(81)90(68)70/h1-56H. The third-order valence-corrected chi connectivity index (χ3v) is 22.0. The summed E-state index contributed by atoms with van der Waals surface area (Å²) in [7, 11) is 0. The number of aromatic nitrogens is 1. The molecular weight excluding hydrogens is 1260 g/mol. The Morgan fingerprint density at radius 1 is 0.255 bits per heavy atom. The van der Waals surface area contributed by atoms with Crippen LogP contribution < -0.4 is 83.1 Å². The number of fused-ring (bicyclic) bond motifs is 15. The van der Waals surface area contributed by atoms with E-state index in [9.17, 15) is 0 Å². The second-order valence-electron chi connectivity index (χ2n) is 27.2. The zero-order valence-electron chi connectivity index (χ0n) is 54.9. The van der Waals surface area contributed by atoms with E-state index in [4.69, 9.17) is 21.1 Å². The molecular formula is C90H56B3ClN6O2. The smallest absolute Gasteiger partial charge is 0.256 e. The fourth-order valence-electron chi connectivity index (χ4n) is 17.8. The maximum atomic E-state index is 7.61. The van der Waals surface area contributed by atoms with Crippen molar-refractivity contribution in [3.8, 4) is 28.7 Å². The van der Waals surface area contributed by atoms with Crippen LogP contribution in [0.3, 0.4) is 0 Å². The van der Waals surface area contributed by atoms with E-state index in [2.05, 4.69) is 363 Å². The quantitative estimate of drug-likeness (QED) is 0.133. The van der Waals surface area contributed by atoms with E-state index >= 15 is 0 Å². The molecule has 0 radical (unpaired) electrons. The molecule has 8 nitrogen and oxygen atoms in total. The third kappa shape index (κ3) is 8.31. The van der Waals surface area contributed by atoms with Gasteiger partial charge in [-0.1, -0.05) is 206 Å². The summed E-state index contributed by atoms with van der Waals surface area (Å²) in [5.74, 6) is 3.13. The number of para-hydroxylation sites is 10. The average molecular weight is 1320 g/mol. The van der Waals surface area contributed by atoms with Gasteiger partial charge in [-0.2, -0.15) is 0 Å². The monoisotopic (exact) mass is 1320 g/mol. The summed E-state index contributed by atoms with van der Waals surface area (Å²) in [5.41, 5.74) is 29.5. The Balaban J connectivity index is 0.826. The van der Waals surface area contributed by atoms with Crippen LogP contribution >= 0.6 is 11.6 Å². The highest BCUT2D eigenvalue weighted by molar-refractivity contribution is 7.04. The molecule has 0 bridgehead atoms. The summed E-state index contributed by atoms with van der Waals surface area (Å²) in [5, 5.41) is 3.03. The lowest BCUT2D eigenvalue weighted by molar-refractivity contribution is 0.487. The third-order valence-electron chi connectivity index (χ3n) is 21.8. The lowest BCUT2D eigenvalue weighted by Gasteiger charge is -2.45. The van der Waals surface area contributed by atoms with Crippen LogP contribution in [0.15, 0.2) is 340 Å². The molecule has 22 rings (SSSR count). The molecule has 474 valence electrons. The summed E-state index contributed by atoms with van der Waals surface area (Å²) >= 11 is 7.58. The molecule has 6 aliphatic heterocycles. The molecule has 102 heavy (non-hydrogen) atoms. The largest absolute Gasteiger partial charge is 0.458 e. The van der Waals surface area contributed by atoms with Crippen LogP contribution in [0.1, 0.15) is 0 Å². The van der Waals surface area contributed by atoms with E-state index < -0.39 is 0 Å². The highest BCUT2D eigenvalue weighted by Crippen LogP contribution is 2.52. The topological polar surface area (TPSA) is 39.6 Å². The van der Waals surface area contributed by atoms with Crippen LogP contribution in [0.2, 0.25) is 5.02 Å². The van der Waals surface area contributed by atoms with Crippen molar-refractivity contribution in [2.45, 2.75) is 0 Å². The number of halogens is 1. The van der Waals surface area contributed by atoms with Crippen LogP contribution in [0.25, 0.3) is 27.5 Å². The number of nitrogens with zero attached hydrogens (tertiary/aromatic N) is 6. The second-order valence-corrected chi connectivity index (χ2v) is 27.6. The molecule has 16 aromatic rings. The summed E-state index contributed by atoms with van der Waals surface area (Å²) in [6.07, 6.45) is 0. The molecule has 7 heterocycles. The predicted octanol–water partition coefficient (Wildman–Crippen LogP) is 17.8. The molecule has 6 aliphatic rings. The van der Waals surface area contributed by atoms with E-state index in [1.54, 1.807) is 0 Å². The van der Waals surface area contributed by atoms with Gasteiger partial charge in [0, 0.05) is 113 Å². The molecule has 12 heteroatoms. The number of benzene rings is 15. The summed E-state index contributed by atoms with van der Waals surface area (Å²) in [6, 6.07) is 124. The molecule has 0 aliphatic carbocycles. The van der Waals surface area contributed by atoms with Gasteiger partial charge in [0.15, 0.2) is 0 Å². The minimum absolute atomic E-state index is 0.205. The van der Waals surface area contributed by atoms with E-state index in [1.807, 2.05) is 6.07 Å². The zero-order chi connectivity index (χ0) is 66.8. The first-order valence-electron chi connectivity index (χ1n) is 34.9. The number of hydrogen-bond donors (Lipinski definition) is 0. The van der Waals surface area contributed by atoms with Crippen molar-refractivity contribution in [3.05, 3.63) is 345 Å². The Bertz CT molecular complexity index is 6080. The van der Waals surface area contributed by atoms with Gasteiger partial charge in [-0.25, -0.2) is 0 Å². The maximum Gasteiger partial charge on any atom is 0.256 e. The van der Waals surface area contributed by atoms with Gasteiger partial charge < -0.3 is 38.5 Å². The number of rotatable bonds is 9. The van der Waals surface area contributed by atoms with E-state index in [-0.39, 0.29) is 20.1 Å². The van der Waals surface area contributed by atoms with Gasteiger partial charge in [0.1, 0.15) is 23.0 Å². The van der Waals surface area contributed by atoms with Crippen molar-refractivity contribution in [2.24, 2.45) is 0 Å². The SMILES string of the molecule is Clc1cc2c3c(c1)N(c1ccccc1)c1cc4c(cc1B3c1cc3c(cc1O2)N(c1ccccc1)c1cc(N(c2ccccc2)c2ccccc2)cc2c1B3c1ccccc1O2)B1c2c(cc(N(c3ccccc3)c3ccccc3)cc2-n2c3ccccc3c3cccc1c32)N4c1ccccc1. The van der Waals surface area contributed by atoms with E-state index in [0.717, 1.165) is 141 Å². The first-order chi connectivity index (χ1) is 50.5. The van der Waals surface area contributed by atoms with E-state index in [0.29, 0.717) is 5.02 Å². The number of ether oxygens (including phenoxy) is 2. The lowest BCUT2D eigenvalue weighted by Crippen LogP contribution is -2.65. The average Bonchev–Trinajstić information content (AvgIpc) is 1.12. The molecule has 15 aromatic carbocycles. The van der Waals surface area contributed by atoms with Crippen LogP contribution in [0.4, 0.5) is 85.3 Å². The maximum absolute atomic E-state index is 7.61. The Morgan fingerprint density at radius 3 is 1.23 bits per heavy atom. The van der Waals surface area contributed by atoms with E-state index in [1.165, 1.54) is 43.7 Å². The highest BCUT2D eigenvalue weighted by Gasteiger charge is 2.50. The molecule has 0 spiro atoms. The van der Waals surface area contributed by atoms with Gasteiger partial charge >= 0.3 is 0 Å². The van der Waals surface area contributed by atoms with Crippen molar-refractivity contribution in [1.82, 2.24) is 4.57 Å². The second kappa shape index (κ2) is 22.1. The zero-order valence-corrected chi connectivity index (χ0v) is 55.7. The van der Waals surface area contributed by atoms with Crippen LogP contribution in [0.5, 0.6) is 23.0 Å². The Hall–Kier alpha value is -12.8. The Labute approximate surface area is 596 Å². The van der Waals surface area contributed by atoms with Gasteiger partial charge in [0.25, 0.3) is 20.1 Å². The first kappa shape index (κ1) is 57.1. The molecule has 0 atom stereocenters. The number of anilines is 15. The van der Waals surface area contributed by atoms with Crippen molar-refractivity contribution >= 4 is 188 Å². The molecule has 0 N–H and O–H groups in total. The Kier molecular flexibility index (Phi) is 12.4. The normalized spacial score (nSPS) is 13.4. The molecule has 0 amide bonds. The molecule has 0 saturated heterocycles. The van der Waals surface area contributed by atoms with Gasteiger partial charge in [0.2, 0.25) is 0 Å². The molecule has 0 unspecified atom stereocenters. The lowest BCUT2D eigenvalue weighted by atomic mass is 9.29. The summed E-state index contributed by atoms with van der Waals surface area (Å²) < 4.78 is 17.5. The van der Waals surface area contributed by atoms with Crippen molar-refractivity contribution in [2.75, 3.05) is 24.5 Å². The number of hydrogen-bond acceptors (Lipinski definition) is 7. The fourth-order valence-corrected chi connectivity index (χ4v) is 18.0. The summed E-state index contributed by atoms with van der Waals surface area (Å²) in [4.78, 5) is 12.2. The van der Waals surface area contributed by atoms with Crippen molar-refractivity contribution < 1.29 is 9.47 Å². The van der Waals surface area contributed by atoms with Gasteiger partial charge in [-0.05, 0) is 183 Å². The minimum atomic E-state index is -0.333. The van der Waals surface area contributed by atoms with Crippen molar-refractivity contribution in [1.29, 1.82) is 0 Å². The van der Waals surface area contributed by atoms with Crippen molar-refractivity contribution in [3.63, 3.8) is 0 Å². The summed E-state index contributed by atoms with van der Waals surface area (Å²) in [6.45, 7) is -0.772. The minimum Gasteiger partial charge on any atom is -0.458 e. The predicted molar refractivity (Wildman–Crippen MR) is 426 cm³/mol. The first-order valence-corrected chi connectivity index (χ1v) is 35.3.